The first-order valence-electron chi connectivity index (χ1n) is 5.24. The molecule has 1 atom stereocenters. The van der Waals surface area contributed by atoms with Gasteiger partial charge in [-0.1, -0.05) is 0 Å². The first-order chi connectivity index (χ1) is 6.77. The van der Waals surface area contributed by atoms with Gasteiger partial charge >= 0.3 is 0 Å². The van der Waals surface area contributed by atoms with E-state index in [0.29, 0.717) is 13.2 Å². The third-order valence-corrected chi connectivity index (χ3v) is 2.56. The summed E-state index contributed by atoms with van der Waals surface area (Å²) in [5.41, 5.74) is 0. The van der Waals surface area contributed by atoms with E-state index in [0.717, 1.165) is 19.4 Å². The summed E-state index contributed by atoms with van der Waals surface area (Å²) in [4.78, 5) is 13.3. The van der Waals surface area contributed by atoms with Crippen LogP contribution in [0, 0.1) is 5.92 Å². The summed E-state index contributed by atoms with van der Waals surface area (Å²) in [6.45, 7) is 4.29. The van der Waals surface area contributed by atoms with Crippen LogP contribution in [0.3, 0.4) is 0 Å². The summed E-state index contributed by atoms with van der Waals surface area (Å²) in [6, 6.07) is 0. The molecule has 0 saturated carbocycles. The van der Waals surface area contributed by atoms with Gasteiger partial charge in [0.15, 0.2) is 0 Å². The Morgan fingerprint density at radius 3 is 3.07 bits per heavy atom. The first-order valence-corrected chi connectivity index (χ1v) is 5.24. The number of amides is 1. The van der Waals surface area contributed by atoms with Gasteiger partial charge in [0.1, 0.15) is 6.61 Å². The van der Waals surface area contributed by atoms with E-state index in [1.54, 1.807) is 4.90 Å². The quantitative estimate of drug-likeness (QED) is 0.709. The zero-order valence-electron chi connectivity index (χ0n) is 8.74. The highest BCUT2D eigenvalue weighted by Crippen LogP contribution is 2.15. The maximum absolute atomic E-state index is 11.5. The van der Waals surface area contributed by atoms with Crippen molar-refractivity contribution in [3.63, 3.8) is 0 Å². The fourth-order valence-corrected chi connectivity index (χ4v) is 1.72. The number of aliphatic hydroxyl groups is 1. The number of rotatable bonds is 4. The Labute approximate surface area is 84.8 Å². The van der Waals surface area contributed by atoms with Gasteiger partial charge in [0.05, 0.1) is 0 Å². The summed E-state index contributed by atoms with van der Waals surface area (Å²) in [7, 11) is 0. The van der Waals surface area contributed by atoms with Crippen molar-refractivity contribution in [2.75, 3.05) is 32.9 Å². The molecule has 1 rings (SSSR count). The van der Waals surface area contributed by atoms with Crippen molar-refractivity contribution in [1.29, 1.82) is 0 Å². The molecule has 82 valence electrons. The van der Waals surface area contributed by atoms with Crippen LogP contribution in [-0.2, 0) is 9.53 Å². The van der Waals surface area contributed by atoms with Crippen molar-refractivity contribution in [1.82, 2.24) is 4.90 Å². The van der Waals surface area contributed by atoms with Crippen LogP contribution >= 0.6 is 0 Å². The number of piperidine rings is 1. The van der Waals surface area contributed by atoms with Crippen LogP contribution in [0.5, 0.6) is 0 Å². The molecule has 4 nitrogen and oxygen atoms in total. The molecule has 1 heterocycles. The molecule has 0 radical (unpaired) electrons. The van der Waals surface area contributed by atoms with Gasteiger partial charge in [-0.3, -0.25) is 4.79 Å². The molecule has 1 amide bonds. The van der Waals surface area contributed by atoms with E-state index in [4.69, 9.17) is 9.84 Å². The highest BCUT2D eigenvalue weighted by Gasteiger charge is 2.22. The maximum atomic E-state index is 11.5. The number of nitrogens with zero attached hydrogens (tertiary/aromatic N) is 1. The average molecular weight is 201 g/mol. The molecule has 0 aromatic rings. The summed E-state index contributed by atoms with van der Waals surface area (Å²) in [5, 5.41) is 9.00. The minimum atomic E-state index is 0.0463. The van der Waals surface area contributed by atoms with Crippen molar-refractivity contribution < 1.29 is 14.6 Å². The van der Waals surface area contributed by atoms with E-state index in [1.165, 1.54) is 0 Å². The van der Waals surface area contributed by atoms with Gasteiger partial charge in [0, 0.05) is 26.3 Å². The van der Waals surface area contributed by atoms with Crippen LogP contribution < -0.4 is 0 Å². The van der Waals surface area contributed by atoms with Gasteiger partial charge in [0.25, 0.3) is 0 Å². The Balaban J connectivity index is 2.31. The second kappa shape index (κ2) is 5.98. The Bertz CT molecular complexity index is 184. The lowest BCUT2D eigenvalue weighted by molar-refractivity contribution is -0.138. The first kappa shape index (κ1) is 11.5. The number of carbonyl (C=O) groups excluding carboxylic acids is 1. The second-order valence-electron chi connectivity index (χ2n) is 3.67. The van der Waals surface area contributed by atoms with E-state index in [2.05, 4.69) is 0 Å². The molecule has 1 N–H and O–H groups in total. The molecule has 0 unspecified atom stereocenters. The number of likely N-dealkylation sites (tertiary alicyclic amines) is 1. The van der Waals surface area contributed by atoms with Crippen LogP contribution in [0.1, 0.15) is 19.8 Å². The second-order valence-corrected chi connectivity index (χ2v) is 3.67. The molecule has 0 bridgehead atoms. The molecular weight excluding hydrogens is 182 g/mol. The highest BCUT2D eigenvalue weighted by molar-refractivity contribution is 5.77. The Hall–Kier alpha value is -0.610. The summed E-state index contributed by atoms with van der Waals surface area (Å²) in [6.07, 6.45) is 2.01. The maximum Gasteiger partial charge on any atom is 0.248 e. The zero-order valence-corrected chi connectivity index (χ0v) is 8.74. The van der Waals surface area contributed by atoms with E-state index < -0.39 is 0 Å². The number of carbonyl (C=O) groups is 1. The van der Waals surface area contributed by atoms with E-state index in [1.807, 2.05) is 6.92 Å². The van der Waals surface area contributed by atoms with E-state index in [9.17, 15) is 4.79 Å². The van der Waals surface area contributed by atoms with E-state index in [-0.39, 0.29) is 25.0 Å². The van der Waals surface area contributed by atoms with Gasteiger partial charge in [-0.05, 0) is 25.7 Å². The largest absolute Gasteiger partial charge is 0.396 e. The van der Waals surface area contributed by atoms with Gasteiger partial charge in [-0.2, -0.15) is 0 Å². The summed E-state index contributed by atoms with van der Waals surface area (Å²) < 4.78 is 5.06. The third-order valence-electron chi connectivity index (χ3n) is 2.56. The number of aliphatic hydroxyl groups excluding tert-OH is 1. The predicted octanol–water partition coefficient (Wildman–Crippen LogP) is 0.254. The molecule has 1 saturated heterocycles. The highest BCUT2D eigenvalue weighted by atomic mass is 16.5. The van der Waals surface area contributed by atoms with Crippen LogP contribution in [0.2, 0.25) is 0 Å². The summed E-state index contributed by atoms with van der Waals surface area (Å²) >= 11 is 0. The molecular formula is C10H19NO3. The number of hydrogen-bond acceptors (Lipinski definition) is 3. The van der Waals surface area contributed by atoms with Crippen molar-refractivity contribution in [2.24, 2.45) is 5.92 Å². The SMILES string of the molecule is CCOCC(=O)N1CCC[C@@H](CO)C1. The minimum absolute atomic E-state index is 0.0463. The van der Waals surface area contributed by atoms with Gasteiger partial charge in [-0.15, -0.1) is 0 Å². The zero-order chi connectivity index (χ0) is 10.4. The molecule has 0 aromatic carbocycles. The Kier molecular flexibility index (Phi) is 4.90. The van der Waals surface area contributed by atoms with Gasteiger partial charge < -0.3 is 14.7 Å². The fraction of sp³-hybridized carbons (Fsp3) is 0.900. The third kappa shape index (κ3) is 3.27. The smallest absolute Gasteiger partial charge is 0.248 e. The molecule has 1 aliphatic heterocycles. The summed E-state index contributed by atoms with van der Waals surface area (Å²) in [5.74, 6) is 0.305. The molecule has 4 heteroatoms. The molecule has 1 fully saturated rings. The standard InChI is InChI=1S/C10H19NO3/c1-2-14-8-10(13)11-5-3-4-9(6-11)7-12/h9,12H,2-8H2,1H3/t9-/m1/s1. The fourth-order valence-electron chi connectivity index (χ4n) is 1.72. The Morgan fingerprint density at radius 2 is 2.43 bits per heavy atom. The van der Waals surface area contributed by atoms with Crippen molar-refractivity contribution >= 4 is 5.91 Å². The molecule has 0 aromatic heterocycles. The van der Waals surface area contributed by atoms with Crippen molar-refractivity contribution in [3.05, 3.63) is 0 Å². The van der Waals surface area contributed by atoms with Crippen LogP contribution in [0.4, 0.5) is 0 Å². The number of hydrogen-bond donors (Lipinski definition) is 1. The van der Waals surface area contributed by atoms with Crippen LogP contribution in [0.15, 0.2) is 0 Å². The molecule has 14 heavy (non-hydrogen) atoms. The van der Waals surface area contributed by atoms with Crippen LogP contribution in [0.25, 0.3) is 0 Å². The molecule has 1 aliphatic rings. The monoisotopic (exact) mass is 201 g/mol. The number of ether oxygens (including phenoxy) is 1. The van der Waals surface area contributed by atoms with Gasteiger partial charge in [0.2, 0.25) is 5.91 Å². The van der Waals surface area contributed by atoms with Crippen molar-refractivity contribution in [2.45, 2.75) is 19.8 Å². The molecule has 0 spiro atoms. The lowest BCUT2D eigenvalue weighted by Gasteiger charge is -2.31. The average Bonchev–Trinajstić information content (AvgIpc) is 2.26. The lowest BCUT2D eigenvalue weighted by atomic mass is 9.99. The lowest BCUT2D eigenvalue weighted by Crippen LogP contribution is -2.42. The normalized spacial score (nSPS) is 22.4. The Morgan fingerprint density at radius 1 is 1.64 bits per heavy atom. The van der Waals surface area contributed by atoms with Crippen LogP contribution in [-0.4, -0.2) is 48.8 Å². The topological polar surface area (TPSA) is 49.8 Å². The minimum Gasteiger partial charge on any atom is -0.396 e. The van der Waals surface area contributed by atoms with Gasteiger partial charge in [-0.25, -0.2) is 0 Å². The predicted molar refractivity (Wildman–Crippen MR) is 52.9 cm³/mol. The van der Waals surface area contributed by atoms with Crippen molar-refractivity contribution in [3.8, 4) is 0 Å². The van der Waals surface area contributed by atoms with E-state index >= 15 is 0 Å². The molecule has 0 aliphatic carbocycles.